The molecule has 0 aliphatic carbocycles. The highest BCUT2D eigenvalue weighted by molar-refractivity contribution is 9.10. The molecule has 1 heterocycles. The van der Waals surface area contributed by atoms with Crippen molar-refractivity contribution in [3.63, 3.8) is 0 Å². The number of rotatable bonds is 4. The zero-order chi connectivity index (χ0) is 13.1. The number of imidazole rings is 1. The van der Waals surface area contributed by atoms with Crippen molar-refractivity contribution in [1.29, 1.82) is 0 Å². The molecule has 0 aliphatic heterocycles. The van der Waals surface area contributed by atoms with Crippen molar-refractivity contribution >= 4 is 21.9 Å². The summed E-state index contributed by atoms with van der Waals surface area (Å²) in [7, 11) is 1.73. The molecule has 0 radical (unpaired) electrons. The molecule has 0 amide bonds. The van der Waals surface area contributed by atoms with E-state index in [-0.39, 0.29) is 12.3 Å². The molecule has 18 heavy (non-hydrogen) atoms. The number of para-hydroxylation sites is 1. The third kappa shape index (κ3) is 2.70. The van der Waals surface area contributed by atoms with E-state index in [0.29, 0.717) is 11.6 Å². The van der Waals surface area contributed by atoms with Crippen LogP contribution in [0.5, 0.6) is 5.75 Å². The van der Waals surface area contributed by atoms with Crippen molar-refractivity contribution in [3.05, 3.63) is 46.5 Å². The lowest BCUT2D eigenvalue weighted by Crippen LogP contribution is -2.03. The molecule has 0 aliphatic rings. The number of aromatic carboxylic acids is 1. The second kappa shape index (κ2) is 5.22. The van der Waals surface area contributed by atoms with Gasteiger partial charge in [-0.3, -0.25) is 0 Å². The molecule has 1 aromatic heterocycles. The van der Waals surface area contributed by atoms with Crippen LogP contribution in [0.4, 0.5) is 0 Å². The molecule has 1 N–H and O–H groups in total. The van der Waals surface area contributed by atoms with Crippen LogP contribution in [-0.2, 0) is 13.7 Å². The van der Waals surface area contributed by atoms with E-state index in [1.807, 2.05) is 24.3 Å². The third-order valence-corrected chi connectivity index (χ3v) is 3.04. The van der Waals surface area contributed by atoms with E-state index >= 15 is 0 Å². The molecule has 0 spiro atoms. The Morgan fingerprint density at radius 3 is 2.83 bits per heavy atom. The standard InChI is InChI=1S/C12H11BrN2O3/c1-15-6-9(12(16)17)14-11(15)7-18-10-5-3-2-4-8(10)13/h2-6H,7H2,1H3,(H,16,17). The summed E-state index contributed by atoms with van der Waals surface area (Å²) in [6.07, 6.45) is 1.46. The van der Waals surface area contributed by atoms with Crippen LogP contribution in [0.3, 0.4) is 0 Å². The van der Waals surface area contributed by atoms with Crippen LogP contribution >= 0.6 is 15.9 Å². The minimum absolute atomic E-state index is 0.0169. The lowest BCUT2D eigenvalue weighted by molar-refractivity contribution is 0.0690. The van der Waals surface area contributed by atoms with Gasteiger partial charge in [0.1, 0.15) is 18.2 Å². The Morgan fingerprint density at radius 1 is 1.50 bits per heavy atom. The number of nitrogens with zero attached hydrogens (tertiary/aromatic N) is 2. The van der Waals surface area contributed by atoms with Gasteiger partial charge in [-0.05, 0) is 28.1 Å². The molecular formula is C12H11BrN2O3. The Labute approximate surface area is 112 Å². The minimum Gasteiger partial charge on any atom is -0.485 e. The quantitative estimate of drug-likeness (QED) is 0.942. The number of hydrogen-bond acceptors (Lipinski definition) is 3. The number of carbonyl (C=O) groups is 1. The van der Waals surface area contributed by atoms with E-state index < -0.39 is 5.97 Å². The van der Waals surface area contributed by atoms with Crippen molar-refractivity contribution in [2.45, 2.75) is 6.61 Å². The number of halogens is 1. The fraction of sp³-hybridized carbons (Fsp3) is 0.167. The first-order valence-corrected chi connectivity index (χ1v) is 6.00. The number of ether oxygens (including phenoxy) is 1. The zero-order valence-electron chi connectivity index (χ0n) is 9.63. The van der Waals surface area contributed by atoms with Gasteiger partial charge in [0.2, 0.25) is 0 Å². The zero-order valence-corrected chi connectivity index (χ0v) is 11.2. The molecule has 0 saturated heterocycles. The van der Waals surface area contributed by atoms with Gasteiger partial charge < -0.3 is 14.4 Å². The molecule has 2 rings (SSSR count). The Hall–Kier alpha value is -1.82. The Kier molecular flexibility index (Phi) is 3.66. The SMILES string of the molecule is Cn1cc(C(=O)O)nc1COc1ccccc1Br. The maximum atomic E-state index is 10.8. The molecule has 0 saturated carbocycles. The fourth-order valence-corrected chi connectivity index (χ4v) is 1.85. The van der Waals surface area contributed by atoms with E-state index in [9.17, 15) is 4.79 Å². The number of hydrogen-bond donors (Lipinski definition) is 1. The lowest BCUT2D eigenvalue weighted by atomic mass is 10.3. The average Bonchev–Trinajstić information content (AvgIpc) is 2.70. The summed E-state index contributed by atoms with van der Waals surface area (Å²) >= 11 is 3.37. The van der Waals surface area contributed by atoms with Crippen molar-refractivity contribution in [2.75, 3.05) is 0 Å². The monoisotopic (exact) mass is 310 g/mol. The van der Waals surface area contributed by atoms with Crippen LogP contribution in [0.15, 0.2) is 34.9 Å². The second-order valence-electron chi connectivity index (χ2n) is 3.68. The number of carboxylic acids is 1. The predicted molar refractivity (Wildman–Crippen MR) is 68.6 cm³/mol. The summed E-state index contributed by atoms with van der Waals surface area (Å²) in [6.45, 7) is 0.215. The van der Waals surface area contributed by atoms with Gasteiger partial charge >= 0.3 is 5.97 Å². The second-order valence-corrected chi connectivity index (χ2v) is 4.53. The topological polar surface area (TPSA) is 64.4 Å². The van der Waals surface area contributed by atoms with Crippen molar-refractivity contribution < 1.29 is 14.6 Å². The van der Waals surface area contributed by atoms with Gasteiger partial charge in [0.25, 0.3) is 0 Å². The number of carboxylic acid groups (broad SMARTS) is 1. The van der Waals surface area contributed by atoms with Gasteiger partial charge in [0, 0.05) is 13.2 Å². The Morgan fingerprint density at radius 2 is 2.22 bits per heavy atom. The summed E-state index contributed by atoms with van der Waals surface area (Å²) in [5.41, 5.74) is 0.0169. The summed E-state index contributed by atoms with van der Waals surface area (Å²) in [5.74, 6) is 0.207. The van der Waals surface area contributed by atoms with Gasteiger partial charge in [-0.15, -0.1) is 0 Å². The van der Waals surface area contributed by atoms with E-state index in [4.69, 9.17) is 9.84 Å². The van der Waals surface area contributed by atoms with Gasteiger partial charge in [-0.2, -0.15) is 0 Å². The first-order valence-electron chi connectivity index (χ1n) is 5.21. The highest BCUT2D eigenvalue weighted by atomic mass is 79.9. The van der Waals surface area contributed by atoms with Gasteiger partial charge in [0.15, 0.2) is 5.69 Å². The van der Waals surface area contributed by atoms with Crippen molar-refractivity contribution in [3.8, 4) is 5.75 Å². The van der Waals surface area contributed by atoms with Crippen molar-refractivity contribution in [2.24, 2.45) is 7.05 Å². The maximum absolute atomic E-state index is 10.8. The summed E-state index contributed by atoms with van der Waals surface area (Å²) in [4.78, 5) is 14.7. The largest absolute Gasteiger partial charge is 0.485 e. The smallest absolute Gasteiger partial charge is 0.356 e. The molecule has 1 aromatic carbocycles. The van der Waals surface area contributed by atoms with Crippen molar-refractivity contribution in [1.82, 2.24) is 9.55 Å². The lowest BCUT2D eigenvalue weighted by Gasteiger charge is -2.07. The molecule has 2 aromatic rings. The van der Waals surface area contributed by atoms with Gasteiger partial charge in [-0.1, -0.05) is 12.1 Å². The van der Waals surface area contributed by atoms with Crippen LogP contribution in [0.1, 0.15) is 16.3 Å². The third-order valence-electron chi connectivity index (χ3n) is 2.39. The van der Waals surface area contributed by atoms with Crippen LogP contribution in [0.2, 0.25) is 0 Å². The van der Waals surface area contributed by atoms with Crippen LogP contribution < -0.4 is 4.74 Å². The minimum atomic E-state index is -1.04. The average molecular weight is 311 g/mol. The number of aromatic nitrogens is 2. The molecular weight excluding hydrogens is 300 g/mol. The van der Waals surface area contributed by atoms with Crippen LogP contribution in [0, 0.1) is 0 Å². The van der Waals surface area contributed by atoms with E-state index in [0.717, 1.165) is 4.47 Å². The number of benzene rings is 1. The van der Waals surface area contributed by atoms with E-state index in [2.05, 4.69) is 20.9 Å². The van der Waals surface area contributed by atoms with Crippen LogP contribution in [-0.4, -0.2) is 20.6 Å². The Balaban J connectivity index is 2.11. The molecule has 0 bridgehead atoms. The summed E-state index contributed by atoms with van der Waals surface area (Å²) in [5, 5.41) is 8.83. The normalized spacial score (nSPS) is 10.3. The molecule has 0 atom stereocenters. The summed E-state index contributed by atoms with van der Waals surface area (Å²) in [6, 6.07) is 7.45. The van der Waals surface area contributed by atoms with Gasteiger partial charge in [-0.25, -0.2) is 9.78 Å². The highest BCUT2D eigenvalue weighted by Gasteiger charge is 2.11. The first kappa shape index (κ1) is 12.6. The molecule has 94 valence electrons. The first-order chi connectivity index (χ1) is 8.58. The summed E-state index contributed by atoms with van der Waals surface area (Å²) < 4.78 is 8.06. The molecule has 6 heteroatoms. The molecule has 5 nitrogen and oxygen atoms in total. The Bertz CT molecular complexity index is 580. The van der Waals surface area contributed by atoms with E-state index in [1.54, 1.807) is 11.6 Å². The maximum Gasteiger partial charge on any atom is 0.356 e. The molecule has 0 fully saturated rings. The highest BCUT2D eigenvalue weighted by Crippen LogP contribution is 2.24. The van der Waals surface area contributed by atoms with Crippen LogP contribution in [0.25, 0.3) is 0 Å². The van der Waals surface area contributed by atoms with Gasteiger partial charge in [0.05, 0.1) is 4.47 Å². The predicted octanol–water partition coefficient (Wildman–Crippen LogP) is 2.46. The number of aryl methyl sites for hydroxylation is 1. The fourth-order valence-electron chi connectivity index (χ4n) is 1.45. The van der Waals surface area contributed by atoms with E-state index in [1.165, 1.54) is 6.20 Å². The molecule has 0 unspecified atom stereocenters.